The molecule has 0 amide bonds. The highest BCUT2D eigenvalue weighted by molar-refractivity contribution is 4.93. The first-order valence-electron chi connectivity index (χ1n) is 2.18. The van der Waals surface area contributed by atoms with Gasteiger partial charge in [0.1, 0.15) is 0 Å². The van der Waals surface area contributed by atoms with E-state index in [2.05, 4.69) is 11.8 Å². The molecule has 0 aromatic rings. The standard InChI is InChI=1S/C5H6N2O/c1-2-3-5(4-6)7-8/h2,5H,1,3H2. The summed E-state index contributed by atoms with van der Waals surface area (Å²) in [7, 11) is 0. The summed E-state index contributed by atoms with van der Waals surface area (Å²) < 4.78 is 0. The first-order valence-corrected chi connectivity index (χ1v) is 2.18. The van der Waals surface area contributed by atoms with E-state index in [1.54, 1.807) is 6.07 Å². The zero-order chi connectivity index (χ0) is 6.41. The Kier molecular flexibility index (Phi) is 3.42. The molecule has 0 fully saturated rings. The van der Waals surface area contributed by atoms with Gasteiger partial charge in [-0.25, -0.2) is 0 Å². The fourth-order valence-electron chi connectivity index (χ4n) is 0.277. The molecule has 0 spiro atoms. The van der Waals surface area contributed by atoms with Crippen molar-refractivity contribution in [2.75, 3.05) is 0 Å². The maximum Gasteiger partial charge on any atom is 0.181 e. The van der Waals surface area contributed by atoms with Gasteiger partial charge in [0.05, 0.1) is 6.07 Å². The maximum atomic E-state index is 9.61. The van der Waals surface area contributed by atoms with Gasteiger partial charge in [-0.3, -0.25) is 0 Å². The number of nitrogens with zero attached hydrogens (tertiary/aromatic N) is 2. The SMILES string of the molecule is C=CCC(C#N)N=O. The number of nitriles is 1. The summed E-state index contributed by atoms with van der Waals surface area (Å²) in [5.41, 5.74) is 0. The molecule has 0 heterocycles. The molecular formula is C5H6N2O. The van der Waals surface area contributed by atoms with Gasteiger partial charge < -0.3 is 0 Å². The van der Waals surface area contributed by atoms with E-state index in [9.17, 15) is 4.91 Å². The molecule has 8 heavy (non-hydrogen) atoms. The van der Waals surface area contributed by atoms with Gasteiger partial charge in [0.15, 0.2) is 6.04 Å². The molecule has 0 aromatic heterocycles. The predicted molar refractivity (Wildman–Crippen MR) is 30.0 cm³/mol. The summed E-state index contributed by atoms with van der Waals surface area (Å²) in [6, 6.07) is 0.959. The van der Waals surface area contributed by atoms with E-state index in [-0.39, 0.29) is 0 Å². The molecule has 0 aliphatic rings. The Morgan fingerprint density at radius 2 is 2.62 bits per heavy atom. The Balaban J connectivity index is 3.56. The average molecular weight is 110 g/mol. The van der Waals surface area contributed by atoms with Crippen LogP contribution in [0.15, 0.2) is 17.8 Å². The lowest BCUT2D eigenvalue weighted by molar-refractivity contribution is 0.843. The monoisotopic (exact) mass is 110 g/mol. The lowest BCUT2D eigenvalue weighted by Gasteiger charge is -1.87. The molecule has 0 saturated heterocycles. The molecule has 0 aromatic carbocycles. The maximum absolute atomic E-state index is 9.61. The number of hydrogen-bond acceptors (Lipinski definition) is 3. The summed E-state index contributed by atoms with van der Waals surface area (Å²) >= 11 is 0. The quantitative estimate of drug-likeness (QED) is 0.405. The molecular weight excluding hydrogens is 104 g/mol. The molecule has 0 saturated carbocycles. The lowest BCUT2D eigenvalue weighted by Crippen LogP contribution is -1.94. The molecule has 0 radical (unpaired) electrons. The van der Waals surface area contributed by atoms with Crippen LogP contribution in [0, 0.1) is 16.2 Å². The first-order chi connectivity index (χ1) is 3.85. The number of rotatable bonds is 3. The second-order valence-corrected chi connectivity index (χ2v) is 1.27. The molecule has 3 nitrogen and oxygen atoms in total. The zero-order valence-corrected chi connectivity index (χ0v) is 4.37. The van der Waals surface area contributed by atoms with E-state index in [1.807, 2.05) is 0 Å². The molecule has 0 aliphatic heterocycles. The summed E-state index contributed by atoms with van der Waals surface area (Å²) in [4.78, 5) is 9.61. The van der Waals surface area contributed by atoms with Crippen LogP contribution in [-0.4, -0.2) is 6.04 Å². The van der Waals surface area contributed by atoms with E-state index in [1.165, 1.54) is 6.08 Å². The summed E-state index contributed by atoms with van der Waals surface area (Å²) in [5, 5.41) is 10.6. The van der Waals surface area contributed by atoms with E-state index < -0.39 is 6.04 Å². The van der Waals surface area contributed by atoms with E-state index in [0.717, 1.165) is 0 Å². The van der Waals surface area contributed by atoms with E-state index in [0.29, 0.717) is 6.42 Å². The van der Waals surface area contributed by atoms with Crippen LogP contribution in [0.25, 0.3) is 0 Å². The third kappa shape index (κ3) is 2.08. The second kappa shape index (κ2) is 4.00. The number of hydrogen-bond donors (Lipinski definition) is 0. The summed E-state index contributed by atoms with van der Waals surface area (Å²) in [6.07, 6.45) is 1.84. The van der Waals surface area contributed by atoms with Crippen molar-refractivity contribution in [3.63, 3.8) is 0 Å². The molecule has 0 aliphatic carbocycles. The van der Waals surface area contributed by atoms with Crippen molar-refractivity contribution in [3.8, 4) is 6.07 Å². The van der Waals surface area contributed by atoms with Crippen molar-refractivity contribution >= 4 is 0 Å². The van der Waals surface area contributed by atoms with Gasteiger partial charge in [-0.05, 0) is 0 Å². The topological polar surface area (TPSA) is 53.2 Å². The fourth-order valence-corrected chi connectivity index (χ4v) is 0.277. The Labute approximate surface area is 47.6 Å². The second-order valence-electron chi connectivity index (χ2n) is 1.27. The summed E-state index contributed by atoms with van der Waals surface area (Å²) in [6.45, 7) is 3.35. The minimum absolute atomic E-state index is 0.347. The summed E-state index contributed by atoms with van der Waals surface area (Å²) in [5.74, 6) is 0. The van der Waals surface area contributed by atoms with Crippen LogP contribution in [0.2, 0.25) is 0 Å². The molecule has 0 bridgehead atoms. The van der Waals surface area contributed by atoms with Gasteiger partial charge in [0.2, 0.25) is 0 Å². The van der Waals surface area contributed by atoms with Gasteiger partial charge in [-0.2, -0.15) is 5.26 Å². The van der Waals surface area contributed by atoms with Crippen molar-refractivity contribution < 1.29 is 0 Å². The third-order valence-electron chi connectivity index (χ3n) is 0.666. The average Bonchev–Trinajstić information content (AvgIpc) is 1.83. The molecule has 1 atom stereocenters. The van der Waals surface area contributed by atoms with Crippen LogP contribution in [0.3, 0.4) is 0 Å². The Bertz CT molecular complexity index is 125. The Hall–Kier alpha value is -1.17. The number of nitroso groups, excluding NO2 is 1. The van der Waals surface area contributed by atoms with Crippen molar-refractivity contribution in [1.82, 2.24) is 0 Å². The van der Waals surface area contributed by atoms with Crippen molar-refractivity contribution in [2.45, 2.75) is 12.5 Å². The van der Waals surface area contributed by atoms with Gasteiger partial charge in [-0.1, -0.05) is 11.3 Å². The molecule has 42 valence electrons. The van der Waals surface area contributed by atoms with Crippen LogP contribution in [0.5, 0.6) is 0 Å². The van der Waals surface area contributed by atoms with Gasteiger partial charge in [0.25, 0.3) is 0 Å². The molecule has 3 heteroatoms. The first kappa shape index (κ1) is 6.83. The Morgan fingerprint density at radius 1 is 2.00 bits per heavy atom. The smallest absolute Gasteiger partial charge is 0.181 e. The zero-order valence-electron chi connectivity index (χ0n) is 4.37. The van der Waals surface area contributed by atoms with Crippen molar-refractivity contribution in [1.29, 1.82) is 5.26 Å². The molecule has 0 N–H and O–H groups in total. The minimum Gasteiger partial charge on any atom is -0.196 e. The predicted octanol–water partition coefficient (Wildman–Crippen LogP) is 1.22. The van der Waals surface area contributed by atoms with E-state index in [4.69, 9.17) is 5.26 Å². The minimum atomic E-state index is -0.743. The van der Waals surface area contributed by atoms with E-state index >= 15 is 0 Å². The van der Waals surface area contributed by atoms with Gasteiger partial charge in [-0.15, -0.1) is 11.5 Å². The highest BCUT2D eigenvalue weighted by Crippen LogP contribution is 1.93. The lowest BCUT2D eigenvalue weighted by atomic mass is 10.2. The van der Waals surface area contributed by atoms with Crippen molar-refractivity contribution in [2.24, 2.45) is 5.18 Å². The highest BCUT2D eigenvalue weighted by atomic mass is 16.3. The van der Waals surface area contributed by atoms with Gasteiger partial charge >= 0.3 is 0 Å². The largest absolute Gasteiger partial charge is 0.196 e. The van der Waals surface area contributed by atoms with Crippen LogP contribution in [0.4, 0.5) is 0 Å². The van der Waals surface area contributed by atoms with Crippen LogP contribution in [0.1, 0.15) is 6.42 Å². The fraction of sp³-hybridized carbons (Fsp3) is 0.400. The van der Waals surface area contributed by atoms with Crippen LogP contribution in [-0.2, 0) is 0 Å². The van der Waals surface area contributed by atoms with Crippen LogP contribution >= 0.6 is 0 Å². The van der Waals surface area contributed by atoms with Gasteiger partial charge in [0, 0.05) is 6.42 Å². The normalized spacial score (nSPS) is 11.4. The molecule has 0 rings (SSSR count). The highest BCUT2D eigenvalue weighted by Gasteiger charge is 2.00. The molecule has 1 unspecified atom stereocenters. The third-order valence-corrected chi connectivity index (χ3v) is 0.666. The van der Waals surface area contributed by atoms with Crippen molar-refractivity contribution in [3.05, 3.63) is 17.6 Å². The Morgan fingerprint density at radius 3 is 2.75 bits per heavy atom. The van der Waals surface area contributed by atoms with Crippen LogP contribution < -0.4 is 0 Å².